The Morgan fingerprint density at radius 1 is 0.963 bits per heavy atom. The molecule has 0 aromatic heterocycles. The highest BCUT2D eigenvalue weighted by Gasteiger charge is 2.53. The molecule has 1 aliphatic heterocycles. The Balaban J connectivity index is 1.95. The van der Waals surface area contributed by atoms with Gasteiger partial charge >= 0.3 is 0 Å². The van der Waals surface area contributed by atoms with Crippen molar-refractivity contribution in [3.63, 3.8) is 0 Å². The standard InChI is InChI=1S/C23H21NO3/c1-15-21(16(2)25)22(26)23(27,24(15)20-10-4-3-5-11-20)19-13-12-17-8-6-7-9-18(17)14-19/h3-14,22,26-27H,1-2H3. The molecule has 0 amide bonds. The van der Waals surface area contributed by atoms with Gasteiger partial charge in [0.05, 0.1) is 0 Å². The molecule has 1 heterocycles. The molecule has 4 rings (SSSR count). The van der Waals surface area contributed by atoms with Crippen molar-refractivity contribution in [1.29, 1.82) is 0 Å². The maximum absolute atomic E-state index is 12.2. The van der Waals surface area contributed by atoms with Crippen molar-refractivity contribution >= 4 is 22.2 Å². The number of aliphatic hydroxyl groups excluding tert-OH is 1. The van der Waals surface area contributed by atoms with E-state index in [1.807, 2.05) is 66.7 Å². The Morgan fingerprint density at radius 3 is 2.26 bits per heavy atom. The highest BCUT2D eigenvalue weighted by molar-refractivity contribution is 5.97. The number of hydrogen-bond donors (Lipinski definition) is 2. The third-order valence-corrected chi connectivity index (χ3v) is 5.29. The molecule has 2 atom stereocenters. The van der Waals surface area contributed by atoms with E-state index in [1.54, 1.807) is 17.9 Å². The summed E-state index contributed by atoms with van der Waals surface area (Å²) in [5, 5.41) is 24.8. The van der Waals surface area contributed by atoms with Crippen LogP contribution in [0.4, 0.5) is 5.69 Å². The largest absolute Gasteiger partial charge is 0.383 e. The number of nitrogens with zero attached hydrogens (tertiary/aromatic N) is 1. The Morgan fingerprint density at radius 2 is 1.59 bits per heavy atom. The number of ketones is 1. The van der Waals surface area contributed by atoms with Crippen molar-refractivity contribution in [1.82, 2.24) is 0 Å². The minimum atomic E-state index is -1.77. The second-order valence-electron chi connectivity index (χ2n) is 6.92. The van der Waals surface area contributed by atoms with Gasteiger partial charge in [0.15, 0.2) is 11.5 Å². The highest BCUT2D eigenvalue weighted by atomic mass is 16.4. The molecular weight excluding hydrogens is 338 g/mol. The van der Waals surface area contributed by atoms with Crippen molar-refractivity contribution in [2.45, 2.75) is 25.7 Å². The van der Waals surface area contributed by atoms with Crippen LogP contribution in [0.15, 0.2) is 84.1 Å². The van der Waals surface area contributed by atoms with Crippen LogP contribution >= 0.6 is 0 Å². The van der Waals surface area contributed by atoms with E-state index in [1.165, 1.54) is 6.92 Å². The number of carbonyl (C=O) groups excluding carboxylic acids is 1. The molecule has 0 aliphatic carbocycles. The zero-order valence-electron chi connectivity index (χ0n) is 15.3. The number of fused-ring (bicyclic) bond motifs is 1. The minimum absolute atomic E-state index is 0.231. The predicted octanol–water partition coefficient (Wildman–Crippen LogP) is 3.73. The third-order valence-electron chi connectivity index (χ3n) is 5.29. The molecule has 2 N–H and O–H groups in total. The van der Waals surface area contributed by atoms with Crippen molar-refractivity contribution in [2.24, 2.45) is 0 Å². The van der Waals surface area contributed by atoms with E-state index in [2.05, 4.69) is 0 Å². The van der Waals surface area contributed by atoms with Crippen LogP contribution in [0.3, 0.4) is 0 Å². The van der Waals surface area contributed by atoms with Crippen molar-refractivity contribution in [3.05, 3.63) is 89.6 Å². The summed E-state index contributed by atoms with van der Waals surface area (Å²) in [4.78, 5) is 13.9. The van der Waals surface area contributed by atoms with Crippen LogP contribution < -0.4 is 4.90 Å². The molecule has 0 saturated carbocycles. The molecule has 0 radical (unpaired) electrons. The van der Waals surface area contributed by atoms with Crippen LogP contribution in [-0.4, -0.2) is 22.1 Å². The number of carbonyl (C=O) groups is 1. The molecule has 0 bridgehead atoms. The SMILES string of the molecule is CC(=O)C1=C(C)N(c2ccccc2)C(O)(c2ccc3ccccc3c2)C1O. The van der Waals surface area contributed by atoms with E-state index in [0.29, 0.717) is 16.9 Å². The fourth-order valence-corrected chi connectivity index (χ4v) is 4.02. The van der Waals surface area contributed by atoms with Gasteiger partial charge in [0.1, 0.15) is 6.10 Å². The van der Waals surface area contributed by atoms with Gasteiger partial charge in [-0.25, -0.2) is 0 Å². The summed E-state index contributed by atoms with van der Waals surface area (Å²) in [5.41, 5.74) is 0.261. The molecular formula is C23H21NO3. The maximum Gasteiger partial charge on any atom is 0.199 e. The molecule has 0 spiro atoms. The summed E-state index contributed by atoms with van der Waals surface area (Å²) < 4.78 is 0. The van der Waals surface area contributed by atoms with Crippen molar-refractivity contribution in [2.75, 3.05) is 4.90 Å². The molecule has 3 aromatic carbocycles. The van der Waals surface area contributed by atoms with E-state index in [4.69, 9.17) is 0 Å². The van der Waals surface area contributed by atoms with E-state index in [0.717, 1.165) is 10.8 Å². The summed E-state index contributed by atoms with van der Waals surface area (Å²) in [7, 11) is 0. The number of aliphatic hydroxyl groups is 2. The van der Waals surface area contributed by atoms with Gasteiger partial charge in [-0.1, -0.05) is 54.6 Å². The summed E-state index contributed by atoms with van der Waals surface area (Å²) >= 11 is 0. The first-order valence-electron chi connectivity index (χ1n) is 8.91. The lowest BCUT2D eigenvalue weighted by Gasteiger charge is -2.39. The first-order valence-corrected chi connectivity index (χ1v) is 8.91. The maximum atomic E-state index is 12.2. The van der Waals surface area contributed by atoms with Crippen molar-refractivity contribution < 1.29 is 15.0 Å². The summed E-state index contributed by atoms with van der Waals surface area (Å²) in [5.74, 6) is -0.252. The Labute approximate surface area is 158 Å². The number of allylic oxidation sites excluding steroid dienone is 1. The van der Waals surface area contributed by atoms with Gasteiger partial charge in [0.25, 0.3) is 0 Å². The minimum Gasteiger partial charge on any atom is -0.383 e. The zero-order valence-corrected chi connectivity index (χ0v) is 15.3. The molecule has 136 valence electrons. The van der Waals surface area contributed by atoms with Gasteiger partial charge in [-0.05, 0) is 42.8 Å². The molecule has 1 aliphatic rings. The Hall–Kier alpha value is -2.95. The van der Waals surface area contributed by atoms with Crippen LogP contribution in [0.5, 0.6) is 0 Å². The van der Waals surface area contributed by atoms with Crippen LogP contribution in [0.25, 0.3) is 10.8 Å². The van der Waals surface area contributed by atoms with Gasteiger partial charge in [-0.3, -0.25) is 4.79 Å². The lowest BCUT2D eigenvalue weighted by molar-refractivity contribution is -0.116. The van der Waals surface area contributed by atoms with Gasteiger partial charge in [0.2, 0.25) is 0 Å². The number of rotatable bonds is 3. The summed E-state index contributed by atoms with van der Waals surface area (Å²) in [6, 6.07) is 22.7. The topological polar surface area (TPSA) is 60.8 Å². The predicted molar refractivity (Wildman–Crippen MR) is 106 cm³/mol. The van der Waals surface area contributed by atoms with Crippen LogP contribution in [0.1, 0.15) is 19.4 Å². The van der Waals surface area contributed by atoms with Gasteiger partial charge in [-0.2, -0.15) is 0 Å². The Bertz CT molecular complexity index is 1060. The van der Waals surface area contributed by atoms with Crippen LogP contribution in [0.2, 0.25) is 0 Å². The molecule has 2 unspecified atom stereocenters. The average molecular weight is 359 g/mol. The normalized spacial score (nSPS) is 22.5. The number of benzene rings is 3. The molecule has 0 fully saturated rings. The number of hydrogen-bond acceptors (Lipinski definition) is 4. The third kappa shape index (κ3) is 2.57. The van der Waals surface area contributed by atoms with E-state index in [-0.39, 0.29) is 11.4 Å². The van der Waals surface area contributed by atoms with Crippen molar-refractivity contribution in [3.8, 4) is 0 Å². The molecule has 27 heavy (non-hydrogen) atoms. The fourth-order valence-electron chi connectivity index (χ4n) is 4.02. The zero-order chi connectivity index (χ0) is 19.2. The Kier molecular flexibility index (Phi) is 4.10. The monoisotopic (exact) mass is 359 g/mol. The van der Waals surface area contributed by atoms with Gasteiger partial charge in [-0.15, -0.1) is 0 Å². The fraction of sp³-hybridized carbons (Fsp3) is 0.174. The van der Waals surface area contributed by atoms with Crippen LogP contribution in [-0.2, 0) is 10.5 Å². The first-order chi connectivity index (χ1) is 12.9. The summed E-state index contributed by atoms with van der Waals surface area (Å²) in [6.45, 7) is 3.17. The molecule has 4 heteroatoms. The summed E-state index contributed by atoms with van der Waals surface area (Å²) in [6.07, 6.45) is -1.35. The quantitative estimate of drug-likeness (QED) is 0.748. The lowest BCUT2D eigenvalue weighted by Crippen LogP contribution is -2.49. The molecule has 4 nitrogen and oxygen atoms in total. The van der Waals surface area contributed by atoms with E-state index in [9.17, 15) is 15.0 Å². The number of anilines is 1. The highest BCUT2D eigenvalue weighted by Crippen LogP contribution is 2.46. The van der Waals surface area contributed by atoms with Crippen LogP contribution in [0, 0.1) is 0 Å². The van der Waals surface area contributed by atoms with E-state index < -0.39 is 11.8 Å². The second kappa shape index (κ2) is 6.34. The number of para-hydroxylation sites is 1. The average Bonchev–Trinajstić information content (AvgIpc) is 2.88. The van der Waals surface area contributed by atoms with E-state index >= 15 is 0 Å². The molecule has 3 aromatic rings. The second-order valence-corrected chi connectivity index (χ2v) is 6.92. The smallest absolute Gasteiger partial charge is 0.199 e. The number of Topliss-reactive ketones (excluding diaryl/α,β-unsaturated/α-hetero) is 1. The lowest BCUT2D eigenvalue weighted by atomic mass is 9.91. The first kappa shape index (κ1) is 17.5. The van der Waals surface area contributed by atoms with Gasteiger partial charge in [0, 0.05) is 22.5 Å². The molecule has 0 saturated heterocycles. The van der Waals surface area contributed by atoms with Gasteiger partial charge < -0.3 is 15.1 Å².